The lowest BCUT2D eigenvalue weighted by Gasteiger charge is -2.37. The molecule has 4 nitrogen and oxygen atoms in total. The average Bonchev–Trinajstić information content (AvgIpc) is 3.13. The van der Waals surface area contributed by atoms with E-state index in [0.29, 0.717) is 24.5 Å². The number of hydrogen-bond acceptors (Lipinski definition) is 3. The molecule has 1 aliphatic carbocycles. The molecule has 0 radical (unpaired) electrons. The molecular weight excluding hydrogens is 312 g/mol. The minimum atomic E-state index is 0.280. The number of benzene rings is 1. The SMILES string of the molecule is CCC(=O)N1CCC(NCc2cccc(OC3CCCC3)c2)C(C)C1. The van der Waals surface area contributed by atoms with Gasteiger partial charge in [0.05, 0.1) is 6.10 Å². The number of nitrogens with one attached hydrogen (secondary N) is 1. The molecule has 2 fully saturated rings. The van der Waals surface area contributed by atoms with E-state index >= 15 is 0 Å². The summed E-state index contributed by atoms with van der Waals surface area (Å²) in [5, 5.41) is 3.69. The topological polar surface area (TPSA) is 41.6 Å². The van der Waals surface area contributed by atoms with Crippen LogP contribution in [0.5, 0.6) is 5.75 Å². The summed E-state index contributed by atoms with van der Waals surface area (Å²) in [5.41, 5.74) is 1.27. The van der Waals surface area contributed by atoms with Crippen molar-refractivity contribution in [2.45, 2.75) is 71.1 Å². The lowest BCUT2D eigenvalue weighted by molar-refractivity contribution is -0.132. The van der Waals surface area contributed by atoms with Crippen molar-refractivity contribution < 1.29 is 9.53 Å². The quantitative estimate of drug-likeness (QED) is 0.855. The van der Waals surface area contributed by atoms with Crippen LogP contribution < -0.4 is 10.1 Å². The van der Waals surface area contributed by atoms with Gasteiger partial charge in [-0.2, -0.15) is 0 Å². The molecule has 1 aliphatic heterocycles. The Labute approximate surface area is 151 Å². The molecule has 138 valence electrons. The van der Waals surface area contributed by atoms with Crippen molar-refractivity contribution in [2.24, 2.45) is 5.92 Å². The molecule has 4 heteroatoms. The minimum Gasteiger partial charge on any atom is -0.490 e. The first kappa shape index (κ1) is 18.2. The van der Waals surface area contributed by atoms with E-state index in [-0.39, 0.29) is 5.91 Å². The molecule has 2 atom stereocenters. The summed E-state index contributed by atoms with van der Waals surface area (Å²) in [5.74, 6) is 1.77. The molecule has 25 heavy (non-hydrogen) atoms. The molecular formula is C21H32N2O2. The fourth-order valence-corrected chi connectivity index (χ4v) is 4.08. The first-order chi connectivity index (χ1) is 12.2. The van der Waals surface area contributed by atoms with E-state index in [9.17, 15) is 4.79 Å². The number of nitrogens with zero attached hydrogens (tertiary/aromatic N) is 1. The molecule has 1 aromatic carbocycles. The Morgan fingerprint density at radius 2 is 2.08 bits per heavy atom. The van der Waals surface area contributed by atoms with Crippen molar-refractivity contribution in [1.29, 1.82) is 0 Å². The summed E-state index contributed by atoms with van der Waals surface area (Å²) in [7, 11) is 0. The molecule has 0 spiro atoms. The normalized spacial score (nSPS) is 24.5. The zero-order valence-electron chi connectivity index (χ0n) is 15.7. The van der Waals surface area contributed by atoms with E-state index in [2.05, 4.69) is 36.5 Å². The van der Waals surface area contributed by atoms with Gasteiger partial charge in [-0.15, -0.1) is 0 Å². The maximum atomic E-state index is 11.9. The zero-order chi connectivity index (χ0) is 17.6. The monoisotopic (exact) mass is 344 g/mol. The molecule has 1 N–H and O–H groups in total. The standard InChI is InChI=1S/C21H32N2O2/c1-3-21(24)23-12-11-20(16(2)15-23)22-14-17-7-6-10-19(13-17)25-18-8-4-5-9-18/h6-7,10,13,16,18,20,22H,3-5,8-9,11-12,14-15H2,1-2H3. The number of likely N-dealkylation sites (tertiary alicyclic amines) is 1. The highest BCUT2D eigenvalue weighted by molar-refractivity contribution is 5.75. The van der Waals surface area contributed by atoms with Gasteiger partial charge in [-0.1, -0.05) is 26.0 Å². The number of piperidine rings is 1. The number of hydrogen-bond donors (Lipinski definition) is 1. The van der Waals surface area contributed by atoms with Crippen LogP contribution in [0.15, 0.2) is 24.3 Å². The molecule has 2 aliphatic rings. The van der Waals surface area contributed by atoms with Gasteiger partial charge < -0.3 is 15.0 Å². The third kappa shape index (κ3) is 4.97. The lowest BCUT2D eigenvalue weighted by atomic mass is 9.93. The molecule has 2 unspecified atom stereocenters. The largest absolute Gasteiger partial charge is 0.490 e. The Hall–Kier alpha value is -1.55. The zero-order valence-corrected chi connectivity index (χ0v) is 15.7. The summed E-state index contributed by atoms with van der Waals surface area (Å²) < 4.78 is 6.11. The molecule has 0 aromatic heterocycles. The maximum Gasteiger partial charge on any atom is 0.222 e. The van der Waals surface area contributed by atoms with E-state index < -0.39 is 0 Å². The lowest BCUT2D eigenvalue weighted by Crippen LogP contribution is -2.49. The minimum absolute atomic E-state index is 0.280. The van der Waals surface area contributed by atoms with Crippen molar-refractivity contribution in [3.63, 3.8) is 0 Å². The molecule has 0 bridgehead atoms. The van der Waals surface area contributed by atoms with E-state index in [4.69, 9.17) is 4.74 Å². The van der Waals surface area contributed by atoms with E-state index in [1.54, 1.807) is 0 Å². The van der Waals surface area contributed by atoms with Gasteiger partial charge in [-0.25, -0.2) is 0 Å². The molecule has 3 rings (SSSR count). The summed E-state index contributed by atoms with van der Waals surface area (Å²) >= 11 is 0. The van der Waals surface area contributed by atoms with Crippen LogP contribution in [0.2, 0.25) is 0 Å². The number of carbonyl (C=O) groups excluding carboxylic acids is 1. The first-order valence-electron chi connectivity index (χ1n) is 9.92. The average molecular weight is 344 g/mol. The Morgan fingerprint density at radius 3 is 2.80 bits per heavy atom. The van der Waals surface area contributed by atoms with Crippen LogP contribution >= 0.6 is 0 Å². The second-order valence-electron chi connectivity index (χ2n) is 7.62. The van der Waals surface area contributed by atoms with E-state index in [1.807, 2.05) is 11.8 Å². The fraction of sp³-hybridized carbons (Fsp3) is 0.667. The van der Waals surface area contributed by atoms with Crippen molar-refractivity contribution in [2.75, 3.05) is 13.1 Å². The predicted octanol–water partition coefficient (Wildman–Crippen LogP) is 3.74. The van der Waals surface area contributed by atoms with Crippen molar-refractivity contribution in [3.8, 4) is 5.75 Å². The van der Waals surface area contributed by atoms with Crippen LogP contribution in [0.4, 0.5) is 0 Å². The number of carbonyl (C=O) groups is 1. The van der Waals surface area contributed by atoms with Crippen LogP contribution in [0, 0.1) is 5.92 Å². The maximum absolute atomic E-state index is 11.9. The van der Waals surface area contributed by atoms with Crippen LogP contribution in [-0.2, 0) is 11.3 Å². The molecule has 1 heterocycles. The Kier molecular flexibility index (Phi) is 6.35. The number of amides is 1. The Balaban J connectivity index is 1.49. The molecule has 1 aromatic rings. The summed E-state index contributed by atoms with van der Waals surface area (Å²) in [6.45, 7) is 6.79. The van der Waals surface area contributed by atoms with E-state index in [0.717, 1.165) is 31.8 Å². The fourth-order valence-electron chi connectivity index (χ4n) is 4.08. The molecule has 1 saturated heterocycles. The molecule has 1 amide bonds. The van der Waals surface area contributed by atoms with Gasteiger partial charge in [0.15, 0.2) is 0 Å². The molecule has 1 saturated carbocycles. The highest BCUT2D eigenvalue weighted by Gasteiger charge is 2.27. The van der Waals surface area contributed by atoms with Crippen LogP contribution in [0.3, 0.4) is 0 Å². The van der Waals surface area contributed by atoms with Gasteiger partial charge in [-0.05, 0) is 55.7 Å². The van der Waals surface area contributed by atoms with Gasteiger partial charge in [0, 0.05) is 32.1 Å². The van der Waals surface area contributed by atoms with Gasteiger partial charge in [0.2, 0.25) is 5.91 Å². The third-order valence-electron chi connectivity index (χ3n) is 5.63. The van der Waals surface area contributed by atoms with Crippen molar-refractivity contribution in [3.05, 3.63) is 29.8 Å². The smallest absolute Gasteiger partial charge is 0.222 e. The summed E-state index contributed by atoms with van der Waals surface area (Å²) in [6, 6.07) is 8.97. The van der Waals surface area contributed by atoms with Gasteiger partial charge in [-0.3, -0.25) is 4.79 Å². The number of rotatable bonds is 6. The highest BCUT2D eigenvalue weighted by Crippen LogP contribution is 2.25. The van der Waals surface area contributed by atoms with E-state index in [1.165, 1.54) is 31.2 Å². The van der Waals surface area contributed by atoms with Gasteiger partial charge in [0.1, 0.15) is 5.75 Å². The Morgan fingerprint density at radius 1 is 1.28 bits per heavy atom. The second-order valence-corrected chi connectivity index (χ2v) is 7.62. The number of ether oxygens (including phenoxy) is 1. The van der Waals surface area contributed by atoms with Crippen molar-refractivity contribution in [1.82, 2.24) is 10.2 Å². The summed E-state index contributed by atoms with van der Waals surface area (Å²) in [6.07, 6.45) is 7.02. The van der Waals surface area contributed by atoms with Crippen LogP contribution in [0.25, 0.3) is 0 Å². The predicted molar refractivity (Wildman–Crippen MR) is 101 cm³/mol. The van der Waals surface area contributed by atoms with Gasteiger partial charge >= 0.3 is 0 Å². The summed E-state index contributed by atoms with van der Waals surface area (Å²) in [4.78, 5) is 13.9. The Bertz CT molecular complexity index is 569. The third-order valence-corrected chi connectivity index (χ3v) is 5.63. The van der Waals surface area contributed by atoms with Crippen molar-refractivity contribution >= 4 is 5.91 Å². The second kappa shape index (κ2) is 8.70. The van der Waals surface area contributed by atoms with Crippen LogP contribution in [-0.4, -0.2) is 36.0 Å². The van der Waals surface area contributed by atoms with Crippen LogP contribution in [0.1, 0.15) is 57.9 Å². The highest BCUT2D eigenvalue weighted by atomic mass is 16.5. The van der Waals surface area contributed by atoms with Gasteiger partial charge in [0.25, 0.3) is 0 Å². The first-order valence-corrected chi connectivity index (χ1v) is 9.92.